The highest BCUT2D eigenvalue weighted by Crippen LogP contribution is 2.31. The fourth-order valence-electron chi connectivity index (χ4n) is 2.17. The Kier molecular flexibility index (Phi) is 3.27. The number of hydrogen-bond acceptors (Lipinski definition) is 2. The molecule has 0 atom stereocenters. The maximum absolute atomic E-state index is 3.56. The molecule has 1 aromatic rings. The standard InChI is InChI=1S/C13H19BrN2/c1-13(2,3)16-7-6-15-9-10-4-5-11(14)8-12(10)16/h4-5,8,15H,6-7,9H2,1-3H3. The summed E-state index contributed by atoms with van der Waals surface area (Å²) >= 11 is 3.56. The topological polar surface area (TPSA) is 15.3 Å². The number of fused-ring (bicyclic) bond motifs is 1. The molecule has 1 aliphatic heterocycles. The highest BCUT2D eigenvalue weighted by atomic mass is 79.9. The van der Waals surface area contributed by atoms with E-state index in [1.165, 1.54) is 11.3 Å². The molecule has 0 saturated heterocycles. The van der Waals surface area contributed by atoms with Crippen LogP contribution < -0.4 is 10.2 Å². The van der Waals surface area contributed by atoms with Crippen molar-refractivity contribution in [2.24, 2.45) is 0 Å². The first-order valence-corrected chi connectivity index (χ1v) is 6.54. The van der Waals surface area contributed by atoms with Gasteiger partial charge in [-0.2, -0.15) is 0 Å². The average Bonchev–Trinajstić information content (AvgIpc) is 2.38. The van der Waals surface area contributed by atoms with Crippen LogP contribution in [0.25, 0.3) is 0 Å². The molecule has 88 valence electrons. The minimum absolute atomic E-state index is 0.168. The van der Waals surface area contributed by atoms with E-state index in [-0.39, 0.29) is 5.54 Å². The second kappa shape index (κ2) is 4.38. The van der Waals surface area contributed by atoms with Crippen molar-refractivity contribution in [1.29, 1.82) is 0 Å². The lowest BCUT2D eigenvalue weighted by Crippen LogP contribution is -2.43. The summed E-state index contributed by atoms with van der Waals surface area (Å²) in [4.78, 5) is 2.48. The number of rotatable bonds is 0. The molecule has 16 heavy (non-hydrogen) atoms. The fourth-order valence-corrected chi connectivity index (χ4v) is 2.52. The van der Waals surface area contributed by atoms with E-state index in [1.807, 2.05) is 0 Å². The van der Waals surface area contributed by atoms with Gasteiger partial charge in [-0.3, -0.25) is 0 Å². The zero-order valence-electron chi connectivity index (χ0n) is 10.2. The molecule has 0 radical (unpaired) electrons. The molecule has 1 aliphatic rings. The minimum atomic E-state index is 0.168. The summed E-state index contributed by atoms with van der Waals surface area (Å²) in [6.07, 6.45) is 0. The number of nitrogens with zero attached hydrogens (tertiary/aromatic N) is 1. The third kappa shape index (κ3) is 2.41. The van der Waals surface area contributed by atoms with Gasteiger partial charge in [0.25, 0.3) is 0 Å². The molecule has 0 fully saturated rings. The van der Waals surface area contributed by atoms with Crippen molar-refractivity contribution in [3.63, 3.8) is 0 Å². The first kappa shape index (κ1) is 11.9. The Hall–Kier alpha value is -0.540. The lowest BCUT2D eigenvalue weighted by atomic mass is 10.0. The first-order valence-electron chi connectivity index (χ1n) is 5.75. The van der Waals surface area contributed by atoms with Gasteiger partial charge in [0.15, 0.2) is 0 Å². The molecule has 0 aliphatic carbocycles. The number of hydrogen-bond donors (Lipinski definition) is 1. The summed E-state index contributed by atoms with van der Waals surface area (Å²) in [6, 6.07) is 6.55. The minimum Gasteiger partial charge on any atom is -0.365 e. The molecule has 0 spiro atoms. The molecular formula is C13H19BrN2. The van der Waals surface area contributed by atoms with Crippen LogP contribution in [0.1, 0.15) is 26.3 Å². The van der Waals surface area contributed by atoms with Gasteiger partial charge < -0.3 is 10.2 Å². The van der Waals surface area contributed by atoms with Crippen molar-refractivity contribution in [1.82, 2.24) is 5.32 Å². The Morgan fingerprint density at radius 1 is 1.31 bits per heavy atom. The van der Waals surface area contributed by atoms with Crippen LogP contribution >= 0.6 is 15.9 Å². The Morgan fingerprint density at radius 2 is 2.06 bits per heavy atom. The van der Waals surface area contributed by atoms with E-state index < -0.39 is 0 Å². The van der Waals surface area contributed by atoms with Crippen LogP contribution in [0.5, 0.6) is 0 Å². The van der Waals surface area contributed by atoms with E-state index >= 15 is 0 Å². The molecule has 1 heterocycles. The smallest absolute Gasteiger partial charge is 0.0427 e. The molecule has 0 saturated carbocycles. The van der Waals surface area contributed by atoms with Gasteiger partial charge in [-0.15, -0.1) is 0 Å². The number of halogens is 1. The summed E-state index contributed by atoms with van der Waals surface area (Å²) in [5.41, 5.74) is 2.91. The van der Waals surface area contributed by atoms with Gasteiger partial charge in [-0.25, -0.2) is 0 Å². The molecule has 3 heteroatoms. The number of nitrogens with one attached hydrogen (secondary N) is 1. The Labute approximate surface area is 106 Å². The summed E-state index contributed by atoms with van der Waals surface area (Å²) in [6.45, 7) is 9.88. The lowest BCUT2D eigenvalue weighted by Gasteiger charge is -2.37. The number of anilines is 1. The van der Waals surface area contributed by atoms with Crippen LogP contribution in [-0.2, 0) is 6.54 Å². The van der Waals surface area contributed by atoms with Crippen LogP contribution in [0.2, 0.25) is 0 Å². The molecule has 0 bridgehead atoms. The van der Waals surface area contributed by atoms with E-state index in [4.69, 9.17) is 0 Å². The van der Waals surface area contributed by atoms with Crippen molar-refractivity contribution in [2.45, 2.75) is 32.9 Å². The van der Waals surface area contributed by atoms with E-state index in [1.54, 1.807) is 0 Å². The van der Waals surface area contributed by atoms with Gasteiger partial charge in [0.05, 0.1) is 0 Å². The van der Waals surface area contributed by atoms with E-state index in [2.05, 4.69) is 65.1 Å². The van der Waals surface area contributed by atoms with E-state index in [9.17, 15) is 0 Å². The maximum atomic E-state index is 3.56. The largest absolute Gasteiger partial charge is 0.365 e. The van der Waals surface area contributed by atoms with Gasteiger partial charge >= 0.3 is 0 Å². The summed E-state index contributed by atoms with van der Waals surface area (Å²) < 4.78 is 1.16. The van der Waals surface area contributed by atoms with Gasteiger partial charge in [-0.1, -0.05) is 22.0 Å². The second-order valence-electron chi connectivity index (χ2n) is 5.27. The van der Waals surface area contributed by atoms with Crippen molar-refractivity contribution in [2.75, 3.05) is 18.0 Å². The predicted octanol–water partition coefficient (Wildman–Crippen LogP) is 3.16. The molecule has 2 nitrogen and oxygen atoms in total. The quantitative estimate of drug-likeness (QED) is 0.787. The lowest BCUT2D eigenvalue weighted by molar-refractivity contribution is 0.502. The maximum Gasteiger partial charge on any atom is 0.0427 e. The van der Waals surface area contributed by atoms with Crippen LogP contribution in [0.15, 0.2) is 22.7 Å². The van der Waals surface area contributed by atoms with Crippen LogP contribution in [0.4, 0.5) is 5.69 Å². The fraction of sp³-hybridized carbons (Fsp3) is 0.538. The molecular weight excluding hydrogens is 264 g/mol. The SMILES string of the molecule is CC(C)(C)N1CCNCc2ccc(Br)cc21. The van der Waals surface area contributed by atoms with Crippen molar-refractivity contribution in [3.8, 4) is 0 Å². The molecule has 1 aromatic carbocycles. The third-order valence-electron chi connectivity index (χ3n) is 2.98. The number of benzene rings is 1. The summed E-state index contributed by atoms with van der Waals surface area (Å²) in [5, 5.41) is 3.47. The molecule has 1 N–H and O–H groups in total. The summed E-state index contributed by atoms with van der Waals surface area (Å²) in [7, 11) is 0. The van der Waals surface area contributed by atoms with Crippen molar-refractivity contribution >= 4 is 21.6 Å². The molecule has 2 rings (SSSR count). The Balaban J connectivity index is 2.47. The van der Waals surface area contributed by atoms with Crippen LogP contribution in [-0.4, -0.2) is 18.6 Å². The van der Waals surface area contributed by atoms with Gasteiger partial charge in [0.2, 0.25) is 0 Å². The Bertz CT molecular complexity index is 382. The van der Waals surface area contributed by atoms with Gasteiger partial charge in [-0.05, 0) is 38.5 Å². The van der Waals surface area contributed by atoms with Crippen LogP contribution in [0, 0.1) is 0 Å². The van der Waals surface area contributed by atoms with E-state index in [0.29, 0.717) is 0 Å². The molecule has 0 aromatic heterocycles. The van der Waals surface area contributed by atoms with Crippen molar-refractivity contribution in [3.05, 3.63) is 28.2 Å². The third-order valence-corrected chi connectivity index (χ3v) is 3.47. The zero-order valence-corrected chi connectivity index (χ0v) is 11.8. The van der Waals surface area contributed by atoms with Crippen LogP contribution in [0.3, 0.4) is 0 Å². The highest BCUT2D eigenvalue weighted by Gasteiger charge is 2.25. The first-order chi connectivity index (χ1) is 7.48. The molecule has 0 amide bonds. The Morgan fingerprint density at radius 3 is 2.75 bits per heavy atom. The highest BCUT2D eigenvalue weighted by molar-refractivity contribution is 9.10. The monoisotopic (exact) mass is 282 g/mol. The zero-order chi connectivity index (χ0) is 11.8. The summed E-state index contributed by atoms with van der Waals surface area (Å²) in [5.74, 6) is 0. The predicted molar refractivity (Wildman–Crippen MR) is 72.9 cm³/mol. The van der Waals surface area contributed by atoms with E-state index in [0.717, 1.165) is 24.1 Å². The van der Waals surface area contributed by atoms with Crippen molar-refractivity contribution < 1.29 is 0 Å². The van der Waals surface area contributed by atoms with Gasteiger partial charge in [0.1, 0.15) is 0 Å². The second-order valence-corrected chi connectivity index (χ2v) is 6.19. The average molecular weight is 283 g/mol. The van der Waals surface area contributed by atoms with Gasteiger partial charge in [0, 0.05) is 35.3 Å². The molecule has 0 unspecified atom stereocenters. The normalized spacial score (nSPS) is 16.9.